The Morgan fingerprint density at radius 2 is 1.43 bits per heavy atom. The van der Waals surface area contributed by atoms with Crippen LogP contribution in [0.5, 0.6) is 0 Å². The van der Waals surface area contributed by atoms with Crippen LogP contribution in [0.2, 0.25) is 12.1 Å². The summed E-state index contributed by atoms with van der Waals surface area (Å²) in [4.78, 5) is 0. The number of rotatable bonds is 2. The van der Waals surface area contributed by atoms with Crippen molar-refractivity contribution >= 4 is 8.07 Å². The molecule has 0 amide bonds. The molecule has 0 unspecified atom stereocenters. The van der Waals surface area contributed by atoms with Gasteiger partial charge in [0.1, 0.15) is 0 Å². The summed E-state index contributed by atoms with van der Waals surface area (Å²) in [6.45, 7) is 15.4. The first-order valence-corrected chi connectivity index (χ1v) is 5.27. The van der Waals surface area contributed by atoms with E-state index in [1.165, 1.54) is 0 Å². The first-order chi connectivity index (χ1) is 3.12. The van der Waals surface area contributed by atoms with Crippen molar-refractivity contribution < 1.29 is 0 Å². The summed E-state index contributed by atoms with van der Waals surface area (Å²) in [5.41, 5.74) is 0. The van der Waals surface area contributed by atoms with Gasteiger partial charge in [0.15, 0.2) is 0 Å². The maximum atomic E-state index is 5.63. The first kappa shape index (κ1) is 7.22. The molecule has 0 N–H and O–H groups in total. The second-order valence-electron chi connectivity index (χ2n) is 1.94. The molecule has 1 heteroatoms. The largest absolute Gasteiger partial charge is 0.0678 e. The van der Waals surface area contributed by atoms with Crippen LogP contribution in [0.25, 0.3) is 0 Å². The smallest absolute Gasteiger partial charge is 0.0592 e. The van der Waals surface area contributed by atoms with E-state index in [-0.39, 0.29) is 0 Å². The summed E-state index contributed by atoms with van der Waals surface area (Å²) in [6.07, 6.45) is 0. The lowest BCUT2D eigenvalue weighted by Gasteiger charge is -2.14. The van der Waals surface area contributed by atoms with Crippen molar-refractivity contribution in [1.29, 1.82) is 0 Å². The van der Waals surface area contributed by atoms with Gasteiger partial charge in [0.25, 0.3) is 0 Å². The SMILES string of the molecule is [CH][Si]([CH])(CC)CC. The Labute approximate surface area is 47.9 Å². The quantitative estimate of drug-likeness (QED) is 0.479. The third kappa shape index (κ3) is 2.86. The van der Waals surface area contributed by atoms with Gasteiger partial charge in [-0.3, -0.25) is 0 Å². The third-order valence-electron chi connectivity index (χ3n) is 1.32. The molecule has 0 saturated carbocycles. The number of hydrogen-bond donors (Lipinski definition) is 0. The Morgan fingerprint density at radius 1 is 1.14 bits per heavy atom. The van der Waals surface area contributed by atoms with E-state index in [0.717, 1.165) is 12.1 Å². The van der Waals surface area contributed by atoms with Crippen molar-refractivity contribution in [2.75, 3.05) is 0 Å². The zero-order valence-corrected chi connectivity index (χ0v) is 6.07. The predicted molar refractivity (Wildman–Crippen MR) is 35.3 cm³/mol. The van der Waals surface area contributed by atoms with E-state index in [9.17, 15) is 0 Å². The van der Waals surface area contributed by atoms with Gasteiger partial charge >= 0.3 is 0 Å². The fraction of sp³-hybridized carbons (Fsp3) is 0.667. The molecule has 0 aromatic rings. The standard InChI is InChI=1S/C6H12Si/c1-5-7(3,4)6-2/h3-4H,5-6H2,1-2H3. The van der Waals surface area contributed by atoms with E-state index in [2.05, 4.69) is 13.8 Å². The minimum Gasteiger partial charge on any atom is -0.0678 e. The van der Waals surface area contributed by atoms with Gasteiger partial charge in [0.05, 0.1) is 8.07 Å². The molecular formula is C6H12Si. The summed E-state index contributed by atoms with van der Waals surface area (Å²) in [5, 5.41) is 0. The van der Waals surface area contributed by atoms with Crippen molar-refractivity contribution in [1.82, 2.24) is 0 Å². The molecule has 0 aliphatic carbocycles. The van der Waals surface area contributed by atoms with Crippen LogP contribution in [0.15, 0.2) is 0 Å². The fourth-order valence-electron chi connectivity index (χ4n) is 0.250. The first-order valence-electron chi connectivity index (χ1n) is 2.70. The monoisotopic (exact) mass is 112 g/mol. The summed E-state index contributed by atoms with van der Waals surface area (Å²) in [6, 6.07) is 1.98. The van der Waals surface area contributed by atoms with Crippen LogP contribution in [0.1, 0.15) is 13.8 Å². The second kappa shape index (κ2) is 2.51. The van der Waals surface area contributed by atoms with E-state index in [4.69, 9.17) is 13.1 Å². The van der Waals surface area contributed by atoms with Gasteiger partial charge < -0.3 is 0 Å². The molecule has 0 aromatic carbocycles. The predicted octanol–water partition coefficient (Wildman–Crippen LogP) is 1.98. The molecular weight excluding hydrogens is 100 g/mol. The van der Waals surface area contributed by atoms with Crippen molar-refractivity contribution in [2.45, 2.75) is 25.9 Å². The highest BCUT2D eigenvalue weighted by Crippen LogP contribution is 2.09. The maximum absolute atomic E-state index is 5.63. The average molecular weight is 112 g/mol. The van der Waals surface area contributed by atoms with E-state index in [1.54, 1.807) is 0 Å². The van der Waals surface area contributed by atoms with Gasteiger partial charge in [-0.25, -0.2) is 0 Å². The topological polar surface area (TPSA) is 0 Å². The van der Waals surface area contributed by atoms with Crippen molar-refractivity contribution in [2.24, 2.45) is 0 Å². The van der Waals surface area contributed by atoms with Crippen molar-refractivity contribution in [3.63, 3.8) is 0 Å². The lowest BCUT2D eigenvalue weighted by molar-refractivity contribution is 1.29. The van der Waals surface area contributed by atoms with Gasteiger partial charge in [0.2, 0.25) is 0 Å². The van der Waals surface area contributed by atoms with Gasteiger partial charge in [-0.1, -0.05) is 25.9 Å². The lowest BCUT2D eigenvalue weighted by Crippen LogP contribution is -2.23. The molecule has 0 aromatic heterocycles. The lowest BCUT2D eigenvalue weighted by atomic mass is 10.9. The van der Waals surface area contributed by atoms with Gasteiger partial charge in [-0.15, -0.1) is 0 Å². The van der Waals surface area contributed by atoms with E-state index in [0.29, 0.717) is 0 Å². The molecule has 0 atom stereocenters. The summed E-state index contributed by atoms with van der Waals surface area (Å²) in [7, 11) is -1.65. The summed E-state index contributed by atoms with van der Waals surface area (Å²) < 4.78 is 0. The highest BCUT2D eigenvalue weighted by atomic mass is 28.3. The van der Waals surface area contributed by atoms with Crippen molar-refractivity contribution in [3.8, 4) is 0 Å². The van der Waals surface area contributed by atoms with E-state index in [1.807, 2.05) is 0 Å². The van der Waals surface area contributed by atoms with E-state index >= 15 is 0 Å². The van der Waals surface area contributed by atoms with Gasteiger partial charge in [-0.2, -0.15) is 0 Å². The molecule has 0 aliphatic heterocycles. The Bertz CT molecular complexity index is 42.1. The van der Waals surface area contributed by atoms with Crippen LogP contribution in [-0.2, 0) is 0 Å². The van der Waals surface area contributed by atoms with Crippen molar-refractivity contribution in [3.05, 3.63) is 13.1 Å². The van der Waals surface area contributed by atoms with Gasteiger partial charge in [-0.05, 0) is 13.1 Å². The fourth-order valence-corrected chi connectivity index (χ4v) is 0.750. The van der Waals surface area contributed by atoms with E-state index < -0.39 is 8.07 Å². The Hall–Kier alpha value is 0.217. The minimum atomic E-state index is -1.65. The molecule has 0 fully saturated rings. The van der Waals surface area contributed by atoms with Crippen LogP contribution in [0, 0.1) is 13.1 Å². The molecule has 0 aliphatic rings. The maximum Gasteiger partial charge on any atom is 0.0592 e. The number of hydrogen-bond acceptors (Lipinski definition) is 0. The van der Waals surface area contributed by atoms with Crippen LogP contribution < -0.4 is 0 Å². The second-order valence-corrected chi connectivity index (χ2v) is 5.82. The van der Waals surface area contributed by atoms with Crippen LogP contribution >= 0.6 is 0 Å². The molecule has 0 nitrogen and oxygen atoms in total. The zero-order valence-electron chi connectivity index (χ0n) is 5.07. The molecule has 0 heterocycles. The normalized spacial score (nSPS) is 12.0. The van der Waals surface area contributed by atoms with Crippen LogP contribution in [-0.4, -0.2) is 8.07 Å². The zero-order chi connectivity index (χ0) is 5.91. The summed E-state index contributed by atoms with van der Waals surface area (Å²) >= 11 is 0. The Balaban J connectivity index is 3.36. The highest BCUT2D eigenvalue weighted by Gasteiger charge is 2.13. The molecule has 0 bridgehead atoms. The molecule has 7 heavy (non-hydrogen) atoms. The molecule has 0 rings (SSSR count). The third-order valence-corrected chi connectivity index (χ3v) is 3.95. The van der Waals surface area contributed by atoms with Crippen LogP contribution in [0.4, 0.5) is 0 Å². The summed E-state index contributed by atoms with van der Waals surface area (Å²) in [5.74, 6) is 0. The van der Waals surface area contributed by atoms with Gasteiger partial charge in [0, 0.05) is 0 Å². The molecule has 0 spiro atoms. The average Bonchev–Trinajstić information content (AvgIpc) is 1.68. The molecule has 40 valence electrons. The Kier molecular flexibility index (Phi) is 2.58. The molecule has 0 saturated heterocycles. The van der Waals surface area contributed by atoms with Crippen LogP contribution in [0.3, 0.4) is 0 Å². The minimum absolute atomic E-state index is 0.990. The Morgan fingerprint density at radius 3 is 1.43 bits per heavy atom. The highest BCUT2D eigenvalue weighted by molar-refractivity contribution is 6.83. The molecule has 4 radical (unpaired) electrons.